The number of thiazole rings is 1. The number of aryl methyl sites for hydroxylation is 2. The molecule has 32 heavy (non-hydrogen) atoms. The van der Waals surface area contributed by atoms with Gasteiger partial charge in [0.15, 0.2) is 10.6 Å². The zero-order valence-corrected chi connectivity index (χ0v) is 18.5. The van der Waals surface area contributed by atoms with Gasteiger partial charge in [0.25, 0.3) is 5.91 Å². The topological polar surface area (TPSA) is 98.5 Å². The van der Waals surface area contributed by atoms with Gasteiger partial charge in [0.2, 0.25) is 0 Å². The molecule has 0 saturated heterocycles. The fraction of sp³-hybridized carbons (Fsp3) is 0.167. The number of carbonyl (C=O) groups is 2. The Morgan fingerprint density at radius 1 is 1.09 bits per heavy atom. The number of fused-ring (bicyclic) bond motifs is 1. The average molecular weight is 449 g/mol. The van der Waals surface area contributed by atoms with Crippen molar-refractivity contribution >= 4 is 39.3 Å². The molecule has 2 aromatic carbocycles. The molecular weight excluding hydrogens is 428 g/mol. The molecule has 162 valence electrons. The Labute approximate surface area is 187 Å². The van der Waals surface area contributed by atoms with Gasteiger partial charge in [0.05, 0.1) is 17.7 Å². The average Bonchev–Trinajstić information content (AvgIpc) is 3.14. The molecule has 0 unspecified atom stereocenters. The van der Waals surface area contributed by atoms with Crippen molar-refractivity contribution < 1.29 is 18.7 Å². The van der Waals surface area contributed by atoms with Gasteiger partial charge >= 0.3 is 5.97 Å². The van der Waals surface area contributed by atoms with Gasteiger partial charge in [-0.05, 0) is 45.0 Å². The van der Waals surface area contributed by atoms with Crippen LogP contribution < -0.4 is 10.7 Å². The third kappa shape index (κ3) is 4.31. The SMILES string of the molecule is CCOC(=O)c1sc(NC(=O)c2ccc(-c3cc(=O)c4cc(C)ccc4o3)cc2)nc1C. The molecule has 1 N–H and O–H groups in total. The predicted octanol–water partition coefficient (Wildman–Crippen LogP) is 4.96. The summed E-state index contributed by atoms with van der Waals surface area (Å²) in [6.45, 7) is 5.60. The molecule has 0 aliphatic heterocycles. The standard InChI is InChI=1S/C24H20N2O5S/c1-4-30-23(29)21-14(3)25-24(32-21)26-22(28)16-8-6-15(7-9-16)20-12-18(27)17-11-13(2)5-10-19(17)31-20/h5-12H,4H2,1-3H3,(H,25,26,28). The van der Waals surface area contributed by atoms with E-state index in [9.17, 15) is 14.4 Å². The maximum absolute atomic E-state index is 12.6. The molecule has 0 radical (unpaired) electrons. The highest BCUT2D eigenvalue weighted by Gasteiger charge is 2.18. The highest BCUT2D eigenvalue weighted by Crippen LogP contribution is 2.25. The van der Waals surface area contributed by atoms with E-state index in [-0.39, 0.29) is 17.9 Å². The highest BCUT2D eigenvalue weighted by molar-refractivity contribution is 7.17. The minimum absolute atomic E-state index is 0.122. The summed E-state index contributed by atoms with van der Waals surface area (Å²) < 4.78 is 10.9. The Kier molecular flexibility index (Phi) is 5.87. The van der Waals surface area contributed by atoms with Crippen LogP contribution in [0, 0.1) is 13.8 Å². The van der Waals surface area contributed by atoms with E-state index >= 15 is 0 Å². The lowest BCUT2D eigenvalue weighted by Gasteiger charge is -2.06. The van der Waals surface area contributed by atoms with Gasteiger partial charge in [-0.3, -0.25) is 14.9 Å². The maximum atomic E-state index is 12.6. The lowest BCUT2D eigenvalue weighted by atomic mass is 10.1. The quantitative estimate of drug-likeness (QED) is 0.433. The van der Waals surface area contributed by atoms with Crippen molar-refractivity contribution in [2.24, 2.45) is 0 Å². The summed E-state index contributed by atoms with van der Waals surface area (Å²) >= 11 is 1.07. The molecule has 0 fully saturated rings. The van der Waals surface area contributed by atoms with Gasteiger partial charge < -0.3 is 9.15 Å². The Morgan fingerprint density at radius 3 is 2.56 bits per heavy atom. The summed E-state index contributed by atoms with van der Waals surface area (Å²) in [4.78, 5) is 41.6. The lowest BCUT2D eigenvalue weighted by Crippen LogP contribution is -2.11. The molecular formula is C24H20N2O5S. The van der Waals surface area contributed by atoms with Crippen LogP contribution in [0.25, 0.3) is 22.3 Å². The van der Waals surface area contributed by atoms with E-state index in [2.05, 4.69) is 10.3 Å². The molecule has 4 rings (SSSR count). The summed E-state index contributed by atoms with van der Waals surface area (Å²) in [6, 6.07) is 13.6. The monoisotopic (exact) mass is 448 g/mol. The van der Waals surface area contributed by atoms with Crippen molar-refractivity contribution in [3.05, 3.63) is 80.5 Å². The second-order valence-corrected chi connectivity index (χ2v) is 8.16. The Bertz CT molecular complexity index is 1390. The van der Waals surface area contributed by atoms with Crippen LogP contribution in [-0.2, 0) is 4.74 Å². The molecule has 2 aromatic heterocycles. The Balaban J connectivity index is 1.54. The van der Waals surface area contributed by atoms with Crippen LogP contribution in [0.4, 0.5) is 5.13 Å². The van der Waals surface area contributed by atoms with Crippen LogP contribution in [0.1, 0.15) is 38.2 Å². The van der Waals surface area contributed by atoms with Gasteiger partial charge in [-0.2, -0.15) is 0 Å². The number of nitrogens with one attached hydrogen (secondary N) is 1. The first kappa shape index (κ1) is 21.5. The van der Waals surface area contributed by atoms with E-state index in [0.717, 1.165) is 16.9 Å². The van der Waals surface area contributed by atoms with Crippen molar-refractivity contribution in [2.75, 3.05) is 11.9 Å². The molecule has 0 aliphatic carbocycles. The first-order valence-corrected chi connectivity index (χ1v) is 10.8. The molecule has 7 nitrogen and oxygen atoms in total. The van der Waals surface area contributed by atoms with E-state index in [1.54, 1.807) is 50.2 Å². The third-order valence-electron chi connectivity index (χ3n) is 4.79. The number of amides is 1. The van der Waals surface area contributed by atoms with Crippen LogP contribution in [0.3, 0.4) is 0 Å². The van der Waals surface area contributed by atoms with Crippen LogP contribution in [0.5, 0.6) is 0 Å². The smallest absolute Gasteiger partial charge is 0.350 e. The van der Waals surface area contributed by atoms with Crippen LogP contribution in [0.15, 0.2) is 57.7 Å². The minimum atomic E-state index is -0.459. The summed E-state index contributed by atoms with van der Waals surface area (Å²) in [5.74, 6) is -0.400. The molecule has 0 spiro atoms. The number of aromatic nitrogens is 1. The number of anilines is 1. The second-order valence-electron chi connectivity index (χ2n) is 7.16. The van der Waals surface area contributed by atoms with Crippen LogP contribution in [0.2, 0.25) is 0 Å². The fourth-order valence-electron chi connectivity index (χ4n) is 3.20. The zero-order valence-electron chi connectivity index (χ0n) is 17.7. The molecule has 8 heteroatoms. The number of nitrogens with zero attached hydrogens (tertiary/aromatic N) is 1. The molecule has 2 heterocycles. The number of benzene rings is 2. The van der Waals surface area contributed by atoms with E-state index in [1.165, 1.54) is 6.07 Å². The summed E-state index contributed by atoms with van der Waals surface area (Å²) in [7, 11) is 0. The number of hydrogen-bond donors (Lipinski definition) is 1. The van der Waals surface area contributed by atoms with Gasteiger partial charge in [0.1, 0.15) is 16.2 Å². The molecule has 4 aromatic rings. The number of carbonyl (C=O) groups excluding carboxylic acids is 2. The molecule has 1 amide bonds. The summed E-state index contributed by atoms with van der Waals surface area (Å²) in [5, 5.41) is 3.55. The van der Waals surface area contributed by atoms with E-state index in [4.69, 9.17) is 9.15 Å². The third-order valence-corrected chi connectivity index (χ3v) is 5.85. The fourth-order valence-corrected chi connectivity index (χ4v) is 4.06. The van der Waals surface area contributed by atoms with E-state index in [0.29, 0.717) is 43.6 Å². The maximum Gasteiger partial charge on any atom is 0.350 e. The summed E-state index contributed by atoms with van der Waals surface area (Å²) in [6.07, 6.45) is 0. The summed E-state index contributed by atoms with van der Waals surface area (Å²) in [5.41, 5.74) is 2.95. The first-order valence-electron chi connectivity index (χ1n) is 9.96. The first-order chi connectivity index (χ1) is 15.4. The molecule has 0 aliphatic rings. The minimum Gasteiger partial charge on any atom is -0.462 e. The second kappa shape index (κ2) is 8.76. The Morgan fingerprint density at radius 2 is 1.84 bits per heavy atom. The van der Waals surface area contributed by atoms with Crippen LogP contribution in [-0.4, -0.2) is 23.5 Å². The number of esters is 1. The van der Waals surface area contributed by atoms with Gasteiger partial charge in [-0.15, -0.1) is 0 Å². The molecule has 0 bridgehead atoms. The van der Waals surface area contributed by atoms with Crippen molar-refractivity contribution in [1.82, 2.24) is 4.98 Å². The largest absolute Gasteiger partial charge is 0.462 e. The van der Waals surface area contributed by atoms with Gasteiger partial charge in [-0.1, -0.05) is 35.1 Å². The molecule has 0 saturated carbocycles. The van der Waals surface area contributed by atoms with Crippen molar-refractivity contribution in [3.63, 3.8) is 0 Å². The normalized spacial score (nSPS) is 10.8. The van der Waals surface area contributed by atoms with Crippen molar-refractivity contribution in [1.29, 1.82) is 0 Å². The van der Waals surface area contributed by atoms with E-state index < -0.39 is 5.97 Å². The number of rotatable bonds is 5. The predicted molar refractivity (Wildman–Crippen MR) is 123 cm³/mol. The number of ether oxygens (including phenoxy) is 1. The number of hydrogen-bond acceptors (Lipinski definition) is 7. The lowest BCUT2D eigenvalue weighted by molar-refractivity contribution is 0.0531. The zero-order chi connectivity index (χ0) is 22.8. The van der Waals surface area contributed by atoms with Crippen molar-refractivity contribution in [3.8, 4) is 11.3 Å². The van der Waals surface area contributed by atoms with Gasteiger partial charge in [0, 0.05) is 17.2 Å². The highest BCUT2D eigenvalue weighted by atomic mass is 32.1. The molecule has 0 atom stereocenters. The Hall–Kier alpha value is -3.78. The van der Waals surface area contributed by atoms with Gasteiger partial charge in [-0.25, -0.2) is 9.78 Å². The van der Waals surface area contributed by atoms with Crippen molar-refractivity contribution in [2.45, 2.75) is 20.8 Å². The van der Waals surface area contributed by atoms with E-state index in [1.807, 2.05) is 13.0 Å². The van der Waals surface area contributed by atoms with Crippen LogP contribution >= 0.6 is 11.3 Å².